The Balaban J connectivity index is 2.89. The molecule has 0 bridgehead atoms. The Morgan fingerprint density at radius 3 is 1.79 bits per heavy atom. The van der Waals surface area contributed by atoms with E-state index in [1.54, 1.807) is 0 Å². The minimum absolute atomic E-state index is 0.662. The number of hydrogen-bond donors (Lipinski definition) is 0. The maximum Gasteiger partial charge on any atom is -0.0178 e. The summed E-state index contributed by atoms with van der Waals surface area (Å²) in [4.78, 5) is 0. The smallest absolute Gasteiger partial charge is 0.0178 e. The molecule has 1 radical (unpaired) electrons. The first-order chi connectivity index (χ1) is 6.69. The Labute approximate surface area is 88.4 Å². The molecule has 0 N–H and O–H groups in total. The molecule has 77 valence electrons. The van der Waals surface area contributed by atoms with Gasteiger partial charge in [-0.1, -0.05) is 45.9 Å². The maximum absolute atomic E-state index is 3.26. The van der Waals surface area contributed by atoms with E-state index >= 15 is 0 Å². The van der Waals surface area contributed by atoms with Gasteiger partial charge in [0.1, 0.15) is 0 Å². The summed E-state index contributed by atoms with van der Waals surface area (Å²) in [5.41, 5.74) is 2.87. The van der Waals surface area contributed by atoms with Crippen LogP contribution in [0.4, 0.5) is 0 Å². The number of rotatable bonds is 4. The lowest BCUT2D eigenvalue weighted by Gasteiger charge is -2.13. The molecule has 14 heavy (non-hydrogen) atoms. The first kappa shape index (κ1) is 11.3. The molecule has 0 aromatic heterocycles. The van der Waals surface area contributed by atoms with Crippen LogP contribution in [-0.2, 0) is 0 Å². The van der Waals surface area contributed by atoms with Crippen molar-refractivity contribution in [1.29, 1.82) is 0 Å². The molecule has 0 spiro atoms. The minimum atomic E-state index is 0.662. The van der Waals surface area contributed by atoms with Gasteiger partial charge in [-0.05, 0) is 41.9 Å². The average molecular weight is 189 g/mol. The molecule has 1 aromatic rings. The monoisotopic (exact) mass is 189 g/mol. The summed E-state index contributed by atoms with van der Waals surface area (Å²) in [5, 5.41) is 0. The van der Waals surface area contributed by atoms with Crippen molar-refractivity contribution in [3.05, 3.63) is 35.4 Å². The molecular weight excluding hydrogens is 168 g/mol. The Morgan fingerprint density at radius 2 is 1.43 bits per heavy atom. The van der Waals surface area contributed by atoms with Crippen LogP contribution in [0, 0.1) is 6.07 Å². The van der Waals surface area contributed by atoms with Crippen LogP contribution >= 0.6 is 0 Å². The average Bonchev–Trinajstić information content (AvgIpc) is 2.27. The zero-order valence-corrected chi connectivity index (χ0v) is 9.80. The Bertz CT molecular complexity index is 250. The normalized spacial score (nSPS) is 15.1. The van der Waals surface area contributed by atoms with E-state index in [1.165, 1.54) is 24.0 Å². The Morgan fingerprint density at radius 1 is 1.00 bits per heavy atom. The van der Waals surface area contributed by atoms with E-state index in [0.29, 0.717) is 11.8 Å². The highest BCUT2D eigenvalue weighted by Gasteiger charge is 2.06. The van der Waals surface area contributed by atoms with Gasteiger partial charge in [-0.3, -0.25) is 0 Å². The Kier molecular flexibility index (Phi) is 4.19. The zero-order valence-electron chi connectivity index (χ0n) is 9.80. The van der Waals surface area contributed by atoms with E-state index in [-0.39, 0.29) is 0 Å². The van der Waals surface area contributed by atoms with Crippen molar-refractivity contribution in [2.75, 3.05) is 0 Å². The summed E-state index contributed by atoms with van der Waals surface area (Å²) in [7, 11) is 0. The third kappa shape index (κ3) is 2.60. The molecular formula is C14H21. The van der Waals surface area contributed by atoms with Crippen LogP contribution in [0.1, 0.15) is 63.5 Å². The molecule has 0 nitrogen and oxygen atoms in total. The second-order valence-corrected chi connectivity index (χ2v) is 4.22. The second kappa shape index (κ2) is 5.19. The summed E-state index contributed by atoms with van der Waals surface area (Å²) >= 11 is 0. The molecule has 0 aliphatic carbocycles. The number of hydrogen-bond acceptors (Lipinski definition) is 0. The summed E-state index contributed by atoms with van der Waals surface area (Å²) in [6.07, 6.45) is 2.41. The molecule has 0 saturated carbocycles. The molecule has 1 aromatic carbocycles. The fourth-order valence-corrected chi connectivity index (χ4v) is 1.55. The van der Waals surface area contributed by atoms with Gasteiger partial charge in [-0.15, -0.1) is 0 Å². The first-order valence-corrected chi connectivity index (χ1v) is 5.69. The summed E-state index contributed by atoms with van der Waals surface area (Å²) < 4.78 is 0. The highest BCUT2D eigenvalue weighted by molar-refractivity contribution is 5.27. The molecule has 0 amide bonds. The third-order valence-electron chi connectivity index (χ3n) is 3.20. The lowest BCUT2D eigenvalue weighted by molar-refractivity contribution is 0.711. The molecule has 2 atom stereocenters. The van der Waals surface area contributed by atoms with Crippen LogP contribution in [-0.4, -0.2) is 0 Å². The van der Waals surface area contributed by atoms with Gasteiger partial charge in [-0.2, -0.15) is 0 Å². The lowest BCUT2D eigenvalue weighted by atomic mass is 9.92. The fraction of sp³-hybridized carbons (Fsp3) is 0.571. The van der Waals surface area contributed by atoms with E-state index < -0.39 is 0 Å². The highest BCUT2D eigenvalue weighted by atomic mass is 14.1. The van der Waals surface area contributed by atoms with Crippen molar-refractivity contribution in [3.63, 3.8) is 0 Å². The van der Waals surface area contributed by atoms with Crippen molar-refractivity contribution in [3.8, 4) is 0 Å². The van der Waals surface area contributed by atoms with E-state index in [2.05, 4.69) is 52.0 Å². The van der Waals surface area contributed by atoms with Gasteiger partial charge in [0.15, 0.2) is 0 Å². The van der Waals surface area contributed by atoms with Crippen LogP contribution in [0.2, 0.25) is 0 Å². The van der Waals surface area contributed by atoms with Crippen molar-refractivity contribution in [2.24, 2.45) is 0 Å². The maximum atomic E-state index is 3.26. The van der Waals surface area contributed by atoms with Crippen molar-refractivity contribution in [1.82, 2.24) is 0 Å². The van der Waals surface area contributed by atoms with Gasteiger partial charge < -0.3 is 0 Å². The quantitative estimate of drug-likeness (QED) is 0.653. The SMILES string of the molecule is CCC(C)c1c[c]cc(C(C)CC)c1. The van der Waals surface area contributed by atoms with Crippen LogP contribution in [0.25, 0.3) is 0 Å². The molecule has 2 unspecified atom stereocenters. The summed E-state index contributed by atoms with van der Waals surface area (Å²) in [6, 6.07) is 9.86. The third-order valence-corrected chi connectivity index (χ3v) is 3.20. The van der Waals surface area contributed by atoms with Gasteiger partial charge in [-0.25, -0.2) is 0 Å². The topological polar surface area (TPSA) is 0 Å². The van der Waals surface area contributed by atoms with Crippen molar-refractivity contribution >= 4 is 0 Å². The lowest BCUT2D eigenvalue weighted by Crippen LogP contribution is -1.96. The molecule has 0 aliphatic heterocycles. The van der Waals surface area contributed by atoms with E-state index in [1.807, 2.05) is 0 Å². The van der Waals surface area contributed by atoms with Gasteiger partial charge in [0.05, 0.1) is 0 Å². The second-order valence-electron chi connectivity index (χ2n) is 4.22. The standard InChI is InChI=1S/C14H21/c1-5-11(3)13-8-7-9-14(10-13)12(4)6-2/h8-12H,5-6H2,1-4H3. The molecule has 0 aliphatic rings. The van der Waals surface area contributed by atoms with Gasteiger partial charge in [0.2, 0.25) is 0 Å². The van der Waals surface area contributed by atoms with Crippen LogP contribution in [0.5, 0.6) is 0 Å². The summed E-state index contributed by atoms with van der Waals surface area (Å²) in [5.74, 6) is 1.32. The van der Waals surface area contributed by atoms with Gasteiger partial charge >= 0.3 is 0 Å². The van der Waals surface area contributed by atoms with E-state index in [0.717, 1.165) is 0 Å². The molecule has 0 heterocycles. The highest BCUT2D eigenvalue weighted by Crippen LogP contribution is 2.24. The Hall–Kier alpha value is -0.780. The fourth-order valence-electron chi connectivity index (χ4n) is 1.55. The minimum Gasteiger partial charge on any atom is -0.0648 e. The molecule has 0 saturated heterocycles. The van der Waals surface area contributed by atoms with E-state index in [4.69, 9.17) is 0 Å². The van der Waals surface area contributed by atoms with E-state index in [9.17, 15) is 0 Å². The van der Waals surface area contributed by atoms with Crippen LogP contribution < -0.4 is 0 Å². The first-order valence-electron chi connectivity index (χ1n) is 5.69. The zero-order chi connectivity index (χ0) is 10.6. The van der Waals surface area contributed by atoms with Crippen LogP contribution in [0.3, 0.4) is 0 Å². The molecule has 1 rings (SSSR count). The van der Waals surface area contributed by atoms with Crippen LogP contribution in [0.15, 0.2) is 18.2 Å². The van der Waals surface area contributed by atoms with Crippen molar-refractivity contribution in [2.45, 2.75) is 52.4 Å². The predicted octanol–water partition coefficient (Wildman–Crippen LogP) is 4.51. The number of benzene rings is 1. The van der Waals surface area contributed by atoms with Crippen molar-refractivity contribution < 1.29 is 0 Å². The largest absolute Gasteiger partial charge is 0.0648 e. The molecule has 0 heteroatoms. The van der Waals surface area contributed by atoms with Gasteiger partial charge in [0, 0.05) is 0 Å². The molecule has 0 fully saturated rings. The predicted molar refractivity (Wildman–Crippen MR) is 62.7 cm³/mol. The summed E-state index contributed by atoms with van der Waals surface area (Å²) in [6.45, 7) is 9.04. The van der Waals surface area contributed by atoms with Gasteiger partial charge in [0.25, 0.3) is 0 Å².